The number of carbonyl (C=O) groups is 1. The molecule has 1 aromatic heterocycles. The van der Waals surface area contributed by atoms with Gasteiger partial charge in [-0.2, -0.15) is 5.10 Å². The van der Waals surface area contributed by atoms with Crippen LogP contribution in [0.3, 0.4) is 0 Å². The SMILES string of the molecule is CNCC(=O)NCc1cccc(Cn2cccn2)c1. The minimum atomic E-state index is -0.0000192. The van der Waals surface area contributed by atoms with Crippen LogP contribution in [0.5, 0.6) is 0 Å². The average Bonchev–Trinajstić information content (AvgIpc) is 2.90. The van der Waals surface area contributed by atoms with Gasteiger partial charge in [0, 0.05) is 18.9 Å². The van der Waals surface area contributed by atoms with E-state index in [9.17, 15) is 4.79 Å². The van der Waals surface area contributed by atoms with Gasteiger partial charge in [-0.15, -0.1) is 0 Å². The molecule has 0 aliphatic heterocycles. The van der Waals surface area contributed by atoms with Crippen molar-refractivity contribution in [3.8, 4) is 0 Å². The smallest absolute Gasteiger partial charge is 0.234 e. The van der Waals surface area contributed by atoms with Gasteiger partial charge in [0.1, 0.15) is 0 Å². The number of carbonyl (C=O) groups excluding carboxylic acids is 1. The molecule has 0 fully saturated rings. The number of nitrogens with zero attached hydrogens (tertiary/aromatic N) is 2. The highest BCUT2D eigenvalue weighted by molar-refractivity contribution is 5.77. The summed E-state index contributed by atoms with van der Waals surface area (Å²) in [5.74, 6) is -0.0000192. The molecule has 0 radical (unpaired) electrons. The molecule has 1 amide bonds. The molecule has 0 unspecified atom stereocenters. The van der Waals surface area contributed by atoms with Crippen LogP contribution in [-0.4, -0.2) is 29.3 Å². The number of rotatable bonds is 6. The van der Waals surface area contributed by atoms with Crippen LogP contribution < -0.4 is 10.6 Å². The van der Waals surface area contributed by atoms with Crippen molar-refractivity contribution in [2.24, 2.45) is 0 Å². The van der Waals surface area contributed by atoms with E-state index in [0.29, 0.717) is 13.1 Å². The van der Waals surface area contributed by atoms with Crippen LogP contribution in [0.15, 0.2) is 42.7 Å². The Morgan fingerprint density at radius 3 is 2.89 bits per heavy atom. The molecule has 5 nitrogen and oxygen atoms in total. The zero-order valence-electron chi connectivity index (χ0n) is 11.0. The standard InChI is InChI=1S/C14H18N4O/c1-15-10-14(19)16-9-12-4-2-5-13(8-12)11-18-7-3-6-17-18/h2-8,15H,9-11H2,1H3,(H,16,19). The average molecular weight is 258 g/mol. The molecule has 100 valence electrons. The van der Waals surface area contributed by atoms with Gasteiger partial charge in [0.25, 0.3) is 0 Å². The first-order chi connectivity index (χ1) is 9.28. The molecule has 2 rings (SSSR count). The van der Waals surface area contributed by atoms with Crippen LogP contribution >= 0.6 is 0 Å². The number of nitrogens with one attached hydrogen (secondary N) is 2. The molecule has 1 heterocycles. The van der Waals surface area contributed by atoms with Crippen LogP contribution in [0, 0.1) is 0 Å². The molecule has 0 saturated heterocycles. The first kappa shape index (κ1) is 13.3. The van der Waals surface area contributed by atoms with Crippen molar-refractivity contribution in [3.05, 3.63) is 53.9 Å². The topological polar surface area (TPSA) is 59.0 Å². The number of amides is 1. The number of aromatic nitrogens is 2. The Labute approximate surface area is 112 Å². The normalized spacial score (nSPS) is 10.4. The Hall–Kier alpha value is -2.14. The molecule has 19 heavy (non-hydrogen) atoms. The predicted octanol–water partition coefficient (Wildman–Crippen LogP) is 0.767. The van der Waals surface area contributed by atoms with Crippen molar-refractivity contribution < 1.29 is 4.79 Å². The number of benzene rings is 1. The van der Waals surface area contributed by atoms with Crippen molar-refractivity contribution in [2.75, 3.05) is 13.6 Å². The highest BCUT2D eigenvalue weighted by Crippen LogP contribution is 2.06. The minimum Gasteiger partial charge on any atom is -0.351 e. The second kappa shape index (κ2) is 6.70. The summed E-state index contributed by atoms with van der Waals surface area (Å²) in [6.45, 7) is 1.63. The molecule has 0 atom stereocenters. The second-order valence-electron chi connectivity index (χ2n) is 4.33. The van der Waals surface area contributed by atoms with E-state index in [4.69, 9.17) is 0 Å². The number of hydrogen-bond donors (Lipinski definition) is 2. The molecule has 2 aromatic rings. The van der Waals surface area contributed by atoms with Gasteiger partial charge in [-0.1, -0.05) is 24.3 Å². The fourth-order valence-electron chi connectivity index (χ4n) is 1.84. The fraction of sp³-hybridized carbons (Fsp3) is 0.286. The lowest BCUT2D eigenvalue weighted by molar-refractivity contribution is -0.120. The molecular weight excluding hydrogens is 240 g/mol. The number of likely N-dealkylation sites (N-methyl/N-ethyl adjacent to an activating group) is 1. The summed E-state index contributed by atoms with van der Waals surface area (Å²) in [6, 6.07) is 10.0. The van der Waals surface area contributed by atoms with Crippen molar-refractivity contribution >= 4 is 5.91 Å². The molecule has 1 aromatic carbocycles. The second-order valence-corrected chi connectivity index (χ2v) is 4.33. The maximum Gasteiger partial charge on any atom is 0.234 e. The molecule has 0 spiro atoms. The molecule has 2 N–H and O–H groups in total. The van der Waals surface area contributed by atoms with Crippen LogP contribution in [0.1, 0.15) is 11.1 Å². The van der Waals surface area contributed by atoms with E-state index < -0.39 is 0 Å². The van der Waals surface area contributed by atoms with Crippen LogP contribution in [0.4, 0.5) is 0 Å². The highest BCUT2D eigenvalue weighted by Gasteiger charge is 2.01. The van der Waals surface area contributed by atoms with Crippen LogP contribution in [0.25, 0.3) is 0 Å². The van der Waals surface area contributed by atoms with Gasteiger partial charge in [0.2, 0.25) is 5.91 Å². The fourth-order valence-corrected chi connectivity index (χ4v) is 1.84. The maximum atomic E-state index is 11.4. The van der Waals surface area contributed by atoms with Gasteiger partial charge in [-0.25, -0.2) is 0 Å². The van der Waals surface area contributed by atoms with Gasteiger partial charge in [0.15, 0.2) is 0 Å². The van der Waals surface area contributed by atoms with Gasteiger partial charge in [-0.3, -0.25) is 9.48 Å². The monoisotopic (exact) mass is 258 g/mol. The van der Waals surface area contributed by atoms with Crippen LogP contribution in [0.2, 0.25) is 0 Å². The van der Waals surface area contributed by atoms with E-state index in [1.165, 1.54) is 5.56 Å². The van der Waals surface area contributed by atoms with E-state index >= 15 is 0 Å². The summed E-state index contributed by atoms with van der Waals surface area (Å²) in [5, 5.41) is 9.86. The minimum absolute atomic E-state index is 0.0000192. The molecule has 5 heteroatoms. The van der Waals surface area contributed by atoms with E-state index in [-0.39, 0.29) is 5.91 Å². The molecular formula is C14H18N4O. The summed E-state index contributed by atoms with van der Waals surface area (Å²) in [5.41, 5.74) is 2.26. The van der Waals surface area contributed by atoms with Crippen LogP contribution in [-0.2, 0) is 17.9 Å². The first-order valence-electron chi connectivity index (χ1n) is 6.24. The zero-order chi connectivity index (χ0) is 13.5. The Morgan fingerprint density at radius 2 is 2.16 bits per heavy atom. The van der Waals surface area contributed by atoms with Crippen molar-refractivity contribution in [2.45, 2.75) is 13.1 Å². The quantitative estimate of drug-likeness (QED) is 0.804. The van der Waals surface area contributed by atoms with E-state index in [2.05, 4.69) is 27.9 Å². The third kappa shape index (κ3) is 4.22. The summed E-state index contributed by atoms with van der Waals surface area (Å²) in [7, 11) is 1.75. The lowest BCUT2D eigenvalue weighted by Gasteiger charge is -2.07. The first-order valence-corrected chi connectivity index (χ1v) is 6.24. The van der Waals surface area contributed by atoms with Crippen molar-refractivity contribution in [1.82, 2.24) is 20.4 Å². The van der Waals surface area contributed by atoms with Gasteiger partial charge >= 0.3 is 0 Å². The van der Waals surface area contributed by atoms with E-state index in [0.717, 1.165) is 12.1 Å². The maximum absolute atomic E-state index is 11.4. The molecule has 0 bridgehead atoms. The summed E-state index contributed by atoms with van der Waals surface area (Å²) in [4.78, 5) is 11.4. The lowest BCUT2D eigenvalue weighted by Crippen LogP contribution is -2.31. The largest absolute Gasteiger partial charge is 0.351 e. The van der Waals surface area contributed by atoms with E-state index in [1.54, 1.807) is 13.2 Å². The Balaban J connectivity index is 1.93. The Kier molecular flexibility index (Phi) is 4.69. The van der Waals surface area contributed by atoms with E-state index in [1.807, 2.05) is 29.1 Å². The highest BCUT2D eigenvalue weighted by atomic mass is 16.1. The third-order valence-electron chi connectivity index (χ3n) is 2.72. The van der Waals surface area contributed by atoms with Crippen molar-refractivity contribution in [1.29, 1.82) is 0 Å². The van der Waals surface area contributed by atoms with Gasteiger partial charge in [0.05, 0.1) is 13.1 Å². The Morgan fingerprint density at radius 1 is 1.32 bits per heavy atom. The summed E-state index contributed by atoms with van der Waals surface area (Å²) >= 11 is 0. The predicted molar refractivity (Wildman–Crippen MR) is 73.5 cm³/mol. The molecule has 0 aliphatic carbocycles. The lowest BCUT2D eigenvalue weighted by atomic mass is 10.1. The zero-order valence-corrected chi connectivity index (χ0v) is 11.0. The Bertz CT molecular complexity index is 522. The number of hydrogen-bond acceptors (Lipinski definition) is 3. The summed E-state index contributed by atoms with van der Waals surface area (Å²) in [6.07, 6.45) is 3.70. The van der Waals surface area contributed by atoms with Gasteiger partial charge in [-0.05, 0) is 24.2 Å². The summed E-state index contributed by atoms with van der Waals surface area (Å²) < 4.78 is 1.87. The van der Waals surface area contributed by atoms with Crippen molar-refractivity contribution in [3.63, 3.8) is 0 Å². The van der Waals surface area contributed by atoms with Gasteiger partial charge < -0.3 is 10.6 Å². The third-order valence-corrected chi connectivity index (χ3v) is 2.72. The molecule has 0 aliphatic rings. The molecule has 0 saturated carbocycles.